The summed E-state index contributed by atoms with van der Waals surface area (Å²) in [5.41, 5.74) is 2.66. The molecule has 1 aliphatic carbocycles. The van der Waals surface area contributed by atoms with Crippen LogP contribution in [0.4, 0.5) is 13.2 Å². The van der Waals surface area contributed by atoms with Crippen LogP contribution in [0, 0.1) is 5.41 Å². The number of nitrogens with one attached hydrogen (secondary N) is 3. The number of rotatable bonds is 6. The van der Waals surface area contributed by atoms with Crippen LogP contribution in [0.5, 0.6) is 11.5 Å². The summed E-state index contributed by atoms with van der Waals surface area (Å²) >= 11 is 0. The predicted molar refractivity (Wildman–Crippen MR) is 138 cm³/mol. The van der Waals surface area contributed by atoms with Gasteiger partial charge in [-0.1, -0.05) is 36.4 Å². The number of hydrogen-bond donors (Lipinski definition) is 4. The van der Waals surface area contributed by atoms with E-state index < -0.39 is 12.1 Å². The van der Waals surface area contributed by atoms with Gasteiger partial charge in [-0.05, 0) is 62.5 Å². The van der Waals surface area contributed by atoms with E-state index in [2.05, 4.69) is 46.8 Å². The molecule has 0 bridgehead atoms. The molecule has 1 saturated heterocycles. The minimum atomic E-state index is -5.08. The highest BCUT2D eigenvalue weighted by Gasteiger charge is 2.50. The molecule has 2 fully saturated rings. The number of aliphatic carboxylic acids is 1. The number of nitrogens with zero attached hydrogens (tertiary/aromatic N) is 1. The number of likely N-dealkylation sites (N-methyl/N-ethyl adjacent to an activating group) is 1. The predicted octanol–water partition coefficient (Wildman–Crippen LogP) is 4.15. The Morgan fingerprint density at radius 3 is 2.39 bits per heavy atom. The summed E-state index contributed by atoms with van der Waals surface area (Å²) in [4.78, 5) is 11.4. The van der Waals surface area contributed by atoms with Crippen molar-refractivity contribution in [2.45, 2.75) is 55.9 Å². The van der Waals surface area contributed by atoms with Crippen molar-refractivity contribution in [3.63, 3.8) is 0 Å². The van der Waals surface area contributed by atoms with E-state index in [0.29, 0.717) is 24.6 Å². The first kappa shape index (κ1) is 29.1. The monoisotopic (exact) mass is 536 g/mol. The second kappa shape index (κ2) is 12.4. The largest absolute Gasteiger partial charge is 0.493 e. The molecule has 3 atom stereocenters. The molecular formula is C27H35F3N4O4. The van der Waals surface area contributed by atoms with Crippen LogP contribution in [0.1, 0.15) is 36.8 Å². The van der Waals surface area contributed by atoms with Crippen molar-refractivity contribution >= 4 is 11.9 Å². The first-order chi connectivity index (χ1) is 18.0. The number of guanidine groups is 1. The van der Waals surface area contributed by atoms with Gasteiger partial charge in [0.25, 0.3) is 0 Å². The SMILES string of the molecule is COc1ccc(C23CCC(NC(=N)NCc4ccccc4)CC2N(C)CC3)cc1OC.O=C(O)C(F)(F)F. The lowest BCUT2D eigenvalue weighted by molar-refractivity contribution is -0.192. The summed E-state index contributed by atoms with van der Waals surface area (Å²) in [5.74, 6) is -0.769. The van der Waals surface area contributed by atoms with Crippen LogP contribution in [-0.4, -0.2) is 68.0 Å². The van der Waals surface area contributed by atoms with Crippen molar-refractivity contribution in [1.82, 2.24) is 15.5 Å². The Morgan fingerprint density at radius 2 is 1.79 bits per heavy atom. The highest BCUT2D eigenvalue weighted by Crippen LogP contribution is 2.49. The molecule has 4 N–H and O–H groups in total. The Balaban J connectivity index is 0.000000505. The normalized spacial score (nSPS) is 22.9. The molecule has 208 valence electrons. The Morgan fingerprint density at radius 1 is 1.13 bits per heavy atom. The summed E-state index contributed by atoms with van der Waals surface area (Å²) in [6.07, 6.45) is -0.754. The van der Waals surface area contributed by atoms with E-state index in [1.165, 1.54) is 11.1 Å². The number of hydrogen-bond acceptors (Lipinski definition) is 5. The van der Waals surface area contributed by atoms with Gasteiger partial charge in [0.15, 0.2) is 17.5 Å². The van der Waals surface area contributed by atoms with Gasteiger partial charge < -0.3 is 30.1 Å². The maximum Gasteiger partial charge on any atom is 0.490 e. The summed E-state index contributed by atoms with van der Waals surface area (Å²) in [6.45, 7) is 1.76. The molecule has 3 unspecified atom stereocenters. The number of carboxylic acids is 1. The standard InChI is InChI=1S/C25H34N4O2.C2HF3O2/c1-29-14-13-25(19-9-10-21(30-2)22(15-19)31-3)12-11-20(16-23(25)29)28-24(26)27-17-18-7-5-4-6-8-18;3-2(4,5)1(6)7/h4-10,15,20,23H,11-14,16-17H2,1-3H3,(H3,26,27,28);(H,6,7). The van der Waals surface area contributed by atoms with Gasteiger partial charge in [0.2, 0.25) is 0 Å². The van der Waals surface area contributed by atoms with Gasteiger partial charge in [-0.3, -0.25) is 5.41 Å². The minimum absolute atomic E-state index is 0.131. The smallest absolute Gasteiger partial charge is 0.490 e. The molecule has 8 nitrogen and oxygen atoms in total. The number of carboxylic acid groups (broad SMARTS) is 1. The molecule has 11 heteroatoms. The topological polar surface area (TPSA) is 107 Å². The van der Waals surface area contributed by atoms with Gasteiger partial charge in [-0.2, -0.15) is 13.2 Å². The van der Waals surface area contributed by atoms with Crippen molar-refractivity contribution in [2.24, 2.45) is 0 Å². The Hall–Kier alpha value is -3.47. The van der Waals surface area contributed by atoms with Gasteiger partial charge in [0.05, 0.1) is 14.2 Å². The van der Waals surface area contributed by atoms with Crippen LogP contribution < -0.4 is 20.1 Å². The van der Waals surface area contributed by atoms with E-state index in [1.807, 2.05) is 24.3 Å². The van der Waals surface area contributed by atoms with Gasteiger partial charge >= 0.3 is 12.1 Å². The molecular weight excluding hydrogens is 501 g/mol. The quantitative estimate of drug-likeness (QED) is 0.325. The lowest BCUT2D eigenvalue weighted by Gasteiger charge is -2.45. The average molecular weight is 537 g/mol. The molecule has 4 rings (SSSR count). The fraction of sp³-hybridized carbons (Fsp3) is 0.481. The van der Waals surface area contributed by atoms with Crippen LogP contribution in [0.2, 0.25) is 0 Å². The maximum absolute atomic E-state index is 10.6. The molecule has 0 amide bonds. The first-order valence-electron chi connectivity index (χ1n) is 12.4. The molecule has 2 aliphatic rings. The third-order valence-electron chi connectivity index (χ3n) is 7.39. The highest BCUT2D eigenvalue weighted by atomic mass is 19.4. The Bertz CT molecular complexity index is 1100. The number of methoxy groups -OCH3 is 2. The van der Waals surface area contributed by atoms with Gasteiger partial charge in [-0.25, -0.2) is 4.79 Å². The van der Waals surface area contributed by atoms with Crippen LogP contribution in [0.3, 0.4) is 0 Å². The molecule has 2 aromatic carbocycles. The van der Waals surface area contributed by atoms with Gasteiger partial charge in [0.1, 0.15) is 0 Å². The Labute approximate surface area is 220 Å². The summed E-state index contributed by atoms with van der Waals surface area (Å²) in [7, 11) is 5.61. The number of halogens is 3. The van der Waals surface area contributed by atoms with E-state index in [1.54, 1.807) is 14.2 Å². The number of carbonyl (C=O) groups is 1. The van der Waals surface area contributed by atoms with Crippen LogP contribution in [-0.2, 0) is 16.8 Å². The fourth-order valence-corrected chi connectivity index (χ4v) is 5.44. The molecule has 38 heavy (non-hydrogen) atoms. The van der Waals surface area contributed by atoms with Gasteiger partial charge in [-0.15, -0.1) is 0 Å². The zero-order chi connectivity index (χ0) is 27.9. The number of benzene rings is 2. The Kier molecular flexibility index (Phi) is 9.48. The van der Waals surface area contributed by atoms with E-state index in [4.69, 9.17) is 24.8 Å². The van der Waals surface area contributed by atoms with Crippen LogP contribution in [0.15, 0.2) is 48.5 Å². The number of fused-ring (bicyclic) bond motifs is 1. The lowest BCUT2D eigenvalue weighted by atomic mass is 9.65. The molecule has 0 radical (unpaired) electrons. The van der Waals surface area contributed by atoms with E-state index in [9.17, 15) is 13.2 Å². The van der Waals surface area contributed by atoms with Crippen molar-refractivity contribution < 1.29 is 32.5 Å². The third-order valence-corrected chi connectivity index (χ3v) is 7.39. The summed E-state index contributed by atoms with van der Waals surface area (Å²) < 4.78 is 42.8. The minimum Gasteiger partial charge on any atom is -0.493 e. The average Bonchev–Trinajstić information content (AvgIpc) is 3.24. The number of likely N-dealkylation sites (tertiary alicyclic amines) is 1. The zero-order valence-corrected chi connectivity index (χ0v) is 21.8. The second-order valence-corrected chi connectivity index (χ2v) is 9.61. The van der Waals surface area contributed by atoms with Crippen LogP contribution in [0.25, 0.3) is 0 Å². The van der Waals surface area contributed by atoms with Crippen molar-refractivity contribution in [1.29, 1.82) is 5.41 Å². The maximum atomic E-state index is 10.6. The van der Waals surface area contributed by atoms with E-state index in [0.717, 1.165) is 43.7 Å². The second-order valence-electron chi connectivity index (χ2n) is 9.61. The highest BCUT2D eigenvalue weighted by molar-refractivity contribution is 5.76. The summed E-state index contributed by atoms with van der Waals surface area (Å²) in [5, 5.41) is 22.1. The van der Waals surface area contributed by atoms with E-state index >= 15 is 0 Å². The first-order valence-corrected chi connectivity index (χ1v) is 12.4. The molecule has 1 saturated carbocycles. The van der Waals surface area contributed by atoms with Crippen molar-refractivity contribution in [3.8, 4) is 11.5 Å². The summed E-state index contributed by atoms with van der Waals surface area (Å²) in [6, 6.07) is 17.4. The third kappa shape index (κ3) is 6.89. The van der Waals surface area contributed by atoms with Crippen molar-refractivity contribution in [2.75, 3.05) is 27.8 Å². The van der Waals surface area contributed by atoms with Crippen LogP contribution >= 0.6 is 0 Å². The zero-order valence-electron chi connectivity index (χ0n) is 21.8. The van der Waals surface area contributed by atoms with E-state index in [-0.39, 0.29) is 5.41 Å². The van der Waals surface area contributed by atoms with Crippen molar-refractivity contribution in [3.05, 3.63) is 59.7 Å². The van der Waals surface area contributed by atoms with Gasteiger partial charge in [0, 0.05) is 24.0 Å². The molecule has 0 spiro atoms. The lowest BCUT2D eigenvalue weighted by Crippen LogP contribution is -2.53. The fourth-order valence-electron chi connectivity index (χ4n) is 5.44. The molecule has 1 aliphatic heterocycles. The molecule has 0 aromatic heterocycles. The molecule has 2 aromatic rings. The number of alkyl halides is 3. The molecule has 1 heterocycles. The number of ether oxygens (including phenoxy) is 2.